The predicted molar refractivity (Wildman–Crippen MR) is 94.0 cm³/mol. The highest BCUT2D eigenvalue weighted by Crippen LogP contribution is 2.43. The zero-order valence-electron chi connectivity index (χ0n) is 14.6. The third-order valence-corrected chi connectivity index (χ3v) is 7.53. The van der Waals surface area contributed by atoms with Crippen LogP contribution in [0.5, 0.6) is 0 Å². The van der Waals surface area contributed by atoms with Crippen molar-refractivity contribution in [1.82, 2.24) is 0 Å². The van der Waals surface area contributed by atoms with Crippen LogP contribution in [-0.4, -0.2) is 25.9 Å². The summed E-state index contributed by atoms with van der Waals surface area (Å²) < 4.78 is 71.5. The molecule has 2 saturated carbocycles. The third kappa shape index (κ3) is 4.30. The average molecular weight is 401 g/mol. The van der Waals surface area contributed by atoms with E-state index in [1.165, 1.54) is 0 Å². The molecule has 0 saturated heterocycles. The quantitative estimate of drug-likeness (QED) is 0.713. The topological polar surface area (TPSA) is 114 Å². The van der Waals surface area contributed by atoms with Crippen molar-refractivity contribution in [2.24, 2.45) is 0 Å². The van der Waals surface area contributed by atoms with Gasteiger partial charge < -0.3 is 9.11 Å². The molecule has 6 nitrogen and oxygen atoms in total. The van der Waals surface area contributed by atoms with Crippen LogP contribution in [0.3, 0.4) is 0 Å². The molecular formula is C18H24O6S2-2. The molecule has 0 unspecified atom stereocenters. The monoisotopic (exact) mass is 400 g/mol. The summed E-state index contributed by atoms with van der Waals surface area (Å²) in [5.74, 6) is -0.377. The van der Waals surface area contributed by atoms with Crippen LogP contribution in [0, 0.1) is 0 Å². The minimum atomic E-state index is -4.77. The van der Waals surface area contributed by atoms with Crippen LogP contribution in [0.2, 0.25) is 0 Å². The normalized spacial score (nSPS) is 21.0. The van der Waals surface area contributed by atoms with E-state index in [4.69, 9.17) is 0 Å². The van der Waals surface area contributed by atoms with E-state index in [0.29, 0.717) is 25.7 Å². The van der Waals surface area contributed by atoms with Gasteiger partial charge in [0.05, 0.1) is 9.79 Å². The van der Waals surface area contributed by atoms with Gasteiger partial charge in [-0.05, 0) is 60.8 Å². The third-order valence-electron chi connectivity index (χ3n) is 5.75. The molecule has 0 radical (unpaired) electrons. The van der Waals surface area contributed by atoms with Crippen LogP contribution in [0.1, 0.15) is 87.2 Å². The second kappa shape index (κ2) is 7.58. The zero-order chi connectivity index (χ0) is 18.9. The molecule has 2 aliphatic rings. The smallest absolute Gasteiger partial charge is 0.124 e. The summed E-state index contributed by atoms with van der Waals surface area (Å²) in [5.41, 5.74) is 0.495. The van der Waals surface area contributed by atoms with Gasteiger partial charge in [0.1, 0.15) is 20.2 Å². The Morgan fingerprint density at radius 1 is 0.654 bits per heavy atom. The lowest BCUT2D eigenvalue weighted by Crippen LogP contribution is -2.18. The molecule has 1 aromatic carbocycles. The van der Waals surface area contributed by atoms with Gasteiger partial charge >= 0.3 is 0 Å². The average Bonchev–Trinajstić information content (AvgIpc) is 2.60. The Kier molecular flexibility index (Phi) is 5.77. The van der Waals surface area contributed by atoms with Crippen molar-refractivity contribution in [1.29, 1.82) is 0 Å². The molecule has 0 heterocycles. The van der Waals surface area contributed by atoms with E-state index in [-0.39, 0.29) is 27.9 Å². The highest BCUT2D eigenvalue weighted by Gasteiger charge is 2.29. The Bertz CT molecular complexity index is 822. The van der Waals surface area contributed by atoms with Crippen molar-refractivity contribution in [3.8, 4) is 0 Å². The number of benzene rings is 1. The first-order chi connectivity index (χ1) is 12.2. The Balaban J connectivity index is 2.25. The predicted octanol–water partition coefficient (Wildman–Crippen LogP) is 3.59. The van der Waals surface area contributed by atoms with Crippen LogP contribution < -0.4 is 0 Å². The second-order valence-electron chi connectivity index (χ2n) is 7.51. The van der Waals surface area contributed by atoms with Gasteiger partial charge in [0, 0.05) is 0 Å². The first-order valence-electron chi connectivity index (χ1n) is 9.27. The summed E-state index contributed by atoms with van der Waals surface area (Å²) in [6, 6.07) is 2.30. The summed E-state index contributed by atoms with van der Waals surface area (Å²) in [7, 11) is -9.51. The molecule has 0 spiro atoms. The maximum absolute atomic E-state index is 12.1. The van der Waals surface area contributed by atoms with Crippen LogP contribution in [0.15, 0.2) is 21.9 Å². The van der Waals surface area contributed by atoms with Gasteiger partial charge in [0.2, 0.25) is 0 Å². The largest absolute Gasteiger partial charge is 0.744 e. The molecule has 2 aliphatic carbocycles. The lowest BCUT2D eigenvalue weighted by atomic mass is 9.80. The summed E-state index contributed by atoms with van der Waals surface area (Å²) in [6.07, 6.45) is 8.47. The molecule has 0 amide bonds. The first-order valence-corrected chi connectivity index (χ1v) is 12.1. The summed E-state index contributed by atoms with van der Waals surface area (Å²) >= 11 is 0. The van der Waals surface area contributed by atoms with Gasteiger partial charge in [-0.1, -0.05) is 38.5 Å². The van der Waals surface area contributed by atoms with Crippen molar-refractivity contribution in [3.63, 3.8) is 0 Å². The maximum atomic E-state index is 12.1. The molecule has 0 aliphatic heterocycles. The number of hydrogen-bond donors (Lipinski definition) is 0. The first kappa shape index (κ1) is 19.8. The van der Waals surface area contributed by atoms with Crippen molar-refractivity contribution in [2.75, 3.05) is 0 Å². The molecule has 146 valence electrons. The SMILES string of the molecule is O=S(=O)([O-])c1cc(C2CCCCC2)c(S(=O)(=O)[O-])c(C2CCCCC2)c1. The molecule has 0 atom stereocenters. The standard InChI is InChI=1S/C18H26O6S2/c19-25(20,21)15-11-16(13-7-3-1-4-8-13)18(26(22,23)24)17(12-15)14-9-5-2-6-10-14/h11-14H,1-10H2,(H,19,20,21)(H,22,23,24)/p-2. The van der Waals surface area contributed by atoms with Gasteiger partial charge in [0.15, 0.2) is 0 Å². The zero-order valence-corrected chi connectivity index (χ0v) is 16.3. The maximum Gasteiger partial charge on any atom is 0.124 e. The van der Waals surface area contributed by atoms with E-state index in [1.54, 1.807) is 0 Å². The Morgan fingerprint density at radius 2 is 1.04 bits per heavy atom. The van der Waals surface area contributed by atoms with E-state index in [2.05, 4.69) is 0 Å². The van der Waals surface area contributed by atoms with Crippen molar-refractivity contribution < 1.29 is 25.9 Å². The Morgan fingerprint density at radius 3 is 1.35 bits per heavy atom. The van der Waals surface area contributed by atoms with Gasteiger partial charge in [-0.25, -0.2) is 16.8 Å². The molecule has 3 rings (SSSR count). The number of rotatable bonds is 4. The van der Waals surface area contributed by atoms with Crippen LogP contribution in [0.4, 0.5) is 0 Å². The highest BCUT2D eigenvalue weighted by molar-refractivity contribution is 7.86. The second-order valence-corrected chi connectivity index (χ2v) is 10.2. The van der Waals surface area contributed by atoms with Crippen molar-refractivity contribution in [2.45, 2.75) is 85.8 Å². The molecule has 0 bridgehead atoms. The van der Waals surface area contributed by atoms with Gasteiger partial charge in [-0.2, -0.15) is 0 Å². The van der Waals surface area contributed by atoms with E-state index in [0.717, 1.165) is 50.7 Å². The molecule has 26 heavy (non-hydrogen) atoms. The minimum absolute atomic E-state index is 0.188. The lowest BCUT2D eigenvalue weighted by Gasteiger charge is -2.31. The highest BCUT2D eigenvalue weighted by atomic mass is 32.2. The Labute approximate surface area is 155 Å². The lowest BCUT2D eigenvalue weighted by molar-refractivity contribution is 0.413. The van der Waals surface area contributed by atoms with Gasteiger partial charge in [0.25, 0.3) is 0 Å². The van der Waals surface area contributed by atoms with Crippen molar-refractivity contribution >= 4 is 20.2 Å². The van der Waals surface area contributed by atoms with Crippen LogP contribution in [-0.2, 0) is 20.2 Å². The Hall–Kier alpha value is -0.960. The molecule has 0 N–H and O–H groups in total. The fourth-order valence-electron chi connectivity index (χ4n) is 4.51. The van der Waals surface area contributed by atoms with E-state index < -0.39 is 25.1 Å². The fraction of sp³-hybridized carbons (Fsp3) is 0.667. The fourth-order valence-corrected chi connectivity index (χ4v) is 6.08. The van der Waals surface area contributed by atoms with Crippen LogP contribution >= 0.6 is 0 Å². The molecule has 1 aromatic rings. The van der Waals surface area contributed by atoms with Gasteiger partial charge in [-0.3, -0.25) is 0 Å². The summed E-state index contributed by atoms with van der Waals surface area (Å²) in [5, 5.41) is 0. The van der Waals surface area contributed by atoms with Gasteiger partial charge in [-0.15, -0.1) is 0 Å². The summed E-state index contributed by atoms with van der Waals surface area (Å²) in [4.78, 5) is -0.672. The van der Waals surface area contributed by atoms with Crippen LogP contribution in [0.25, 0.3) is 0 Å². The van der Waals surface area contributed by atoms with E-state index in [9.17, 15) is 25.9 Å². The minimum Gasteiger partial charge on any atom is -0.744 e. The molecular weight excluding hydrogens is 376 g/mol. The number of hydrogen-bond acceptors (Lipinski definition) is 6. The van der Waals surface area contributed by atoms with Crippen molar-refractivity contribution in [3.05, 3.63) is 23.3 Å². The van der Waals surface area contributed by atoms with E-state index in [1.807, 2.05) is 0 Å². The molecule has 0 aromatic heterocycles. The molecule has 2 fully saturated rings. The molecule has 8 heteroatoms. The van der Waals surface area contributed by atoms with E-state index >= 15 is 0 Å². The summed E-state index contributed by atoms with van der Waals surface area (Å²) in [6.45, 7) is 0.